The van der Waals surface area contributed by atoms with Gasteiger partial charge in [0.2, 0.25) is 0 Å². The Morgan fingerprint density at radius 3 is 2.71 bits per heavy atom. The zero-order valence-electron chi connectivity index (χ0n) is 18.1. The van der Waals surface area contributed by atoms with Gasteiger partial charge in [0.1, 0.15) is 6.10 Å². The van der Waals surface area contributed by atoms with E-state index < -0.39 is 5.97 Å². The van der Waals surface area contributed by atoms with Crippen molar-refractivity contribution in [3.05, 3.63) is 54.1 Å². The summed E-state index contributed by atoms with van der Waals surface area (Å²) in [5.74, 6) is -1.30. The maximum absolute atomic E-state index is 12.5. The highest BCUT2D eigenvalue weighted by molar-refractivity contribution is 6.08. The van der Waals surface area contributed by atoms with E-state index in [0.29, 0.717) is 12.0 Å². The van der Waals surface area contributed by atoms with Gasteiger partial charge < -0.3 is 18.8 Å². The minimum atomic E-state index is -0.450. The number of carbonyl (C=O) groups excluding carboxylic acids is 2. The molecule has 3 atom stereocenters. The van der Waals surface area contributed by atoms with Gasteiger partial charge >= 0.3 is 11.9 Å². The molecule has 0 unspecified atom stereocenters. The Balaban J connectivity index is 1.81. The second-order valence-corrected chi connectivity index (χ2v) is 7.91. The zero-order chi connectivity index (χ0) is 22.1. The summed E-state index contributed by atoms with van der Waals surface area (Å²) in [7, 11) is 3.37. The summed E-state index contributed by atoms with van der Waals surface area (Å²) in [6, 6.07) is 10.2. The average Bonchev–Trinajstić information content (AvgIpc) is 3.06. The predicted molar refractivity (Wildman–Crippen MR) is 116 cm³/mol. The molecule has 2 aromatic heterocycles. The number of ether oxygens (including phenoxy) is 3. The summed E-state index contributed by atoms with van der Waals surface area (Å²) in [5, 5.41) is 2.27. The molecule has 0 saturated heterocycles. The molecule has 0 amide bonds. The molecule has 3 aromatic rings. The lowest BCUT2D eigenvalue weighted by molar-refractivity contribution is -0.145. The van der Waals surface area contributed by atoms with E-state index in [1.807, 2.05) is 32.2 Å². The van der Waals surface area contributed by atoms with Crippen LogP contribution in [0.25, 0.3) is 21.8 Å². The molecule has 1 aromatic carbocycles. The van der Waals surface area contributed by atoms with Gasteiger partial charge in [-0.25, -0.2) is 4.79 Å². The molecule has 0 saturated carbocycles. The van der Waals surface area contributed by atoms with E-state index in [1.165, 1.54) is 20.3 Å². The molecule has 0 radical (unpaired) electrons. The number of aromatic nitrogens is 2. The van der Waals surface area contributed by atoms with E-state index in [4.69, 9.17) is 14.2 Å². The predicted octanol–water partition coefficient (Wildman–Crippen LogP) is 3.54. The van der Waals surface area contributed by atoms with Gasteiger partial charge in [-0.3, -0.25) is 9.78 Å². The van der Waals surface area contributed by atoms with Gasteiger partial charge in [0.25, 0.3) is 0 Å². The highest BCUT2D eigenvalue weighted by atomic mass is 16.5. The van der Waals surface area contributed by atoms with Crippen LogP contribution in [0.5, 0.6) is 0 Å². The van der Waals surface area contributed by atoms with Gasteiger partial charge in [-0.05, 0) is 25.5 Å². The Morgan fingerprint density at radius 1 is 1.19 bits per heavy atom. The van der Waals surface area contributed by atoms with Gasteiger partial charge in [0.05, 0.1) is 36.8 Å². The summed E-state index contributed by atoms with van der Waals surface area (Å²) in [6.45, 7) is 3.44. The van der Waals surface area contributed by atoms with Gasteiger partial charge in [-0.15, -0.1) is 0 Å². The summed E-state index contributed by atoms with van der Waals surface area (Å²) in [5.41, 5.74) is 3.44. The largest absolute Gasteiger partial charge is 0.497 e. The average molecular weight is 422 g/mol. The fourth-order valence-corrected chi connectivity index (χ4v) is 4.53. The van der Waals surface area contributed by atoms with E-state index in [9.17, 15) is 9.59 Å². The number of carbonyl (C=O) groups is 2. The van der Waals surface area contributed by atoms with Crippen LogP contribution in [0, 0.1) is 11.8 Å². The first-order chi connectivity index (χ1) is 14.9. The maximum Gasteiger partial charge on any atom is 0.337 e. The minimum absolute atomic E-state index is 0.153. The highest BCUT2D eigenvalue weighted by Crippen LogP contribution is 2.37. The van der Waals surface area contributed by atoms with Gasteiger partial charge in [0, 0.05) is 48.3 Å². The third-order valence-corrected chi connectivity index (χ3v) is 6.13. The number of nitrogens with zero attached hydrogens (tertiary/aromatic N) is 2. The molecule has 0 bridgehead atoms. The monoisotopic (exact) mass is 422 g/mol. The van der Waals surface area contributed by atoms with Crippen LogP contribution in [-0.2, 0) is 37.3 Å². The van der Waals surface area contributed by atoms with Crippen LogP contribution in [0.4, 0.5) is 0 Å². The number of hydrogen-bond acceptors (Lipinski definition) is 6. The molecule has 3 heterocycles. The number of aryl methyl sites for hydroxylation is 1. The van der Waals surface area contributed by atoms with Crippen LogP contribution in [0.2, 0.25) is 0 Å². The molecule has 7 heteroatoms. The van der Waals surface area contributed by atoms with E-state index >= 15 is 0 Å². The van der Waals surface area contributed by atoms with Gasteiger partial charge in [0.15, 0.2) is 0 Å². The Kier molecular flexibility index (Phi) is 5.67. The number of esters is 2. The lowest BCUT2D eigenvalue weighted by atomic mass is 9.78. The fraction of sp³-hybridized carbons (Fsp3) is 0.375. The standard InChI is InChI=1S/C24H26N2O5/c1-14-19(12-31-15(2)27)18(20(13-30-14)24(28)29-4)11-21-23-17(9-10-25-21)16-7-5-6-8-22(16)26(23)3/h5-10,13-14,18-19H,11-12H2,1-4H3/t14-,18-,19-/m0/s1. The lowest BCUT2D eigenvalue weighted by Gasteiger charge is -2.35. The topological polar surface area (TPSA) is 79.7 Å². The fourth-order valence-electron chi connectivity index (χ4n) is 4.53. The summed E-state index contributed by atoms with van der Waals surface area (Å²) in [6.07, 6.45) is 3.54. The Labute approximate surface area is 180 Å². The van der Waals surface area contributed by atoms with E-state index in [-0.39, 0.29) is 30.5 Å². The Morgan fingerprint density at radius 2 is 1.97 bits per heavy atom. The van der Waals surface area contributed by atoms with E-state index in [2.05, 4.69) is 21.7 Å². The van der Waals surface area contributed by atoms with Gasteiger partial charge in [-0.1, -0.05) is 18.2 Å². The molecule has 1 aliphatic heterocycles. The molecule has 4 rings (SSSR count). The van der Waals surface area contributed by atoms with E-state index in [0.717, 1.165) is 27.5 Å². The molecule has 0 fully saturated rings. The molecule has 162 valence electrons. The normalized spacial score (nSPS) is 20.9. The van der Waals surface area contributed by atoms with Crippen molar-refractivity contribution in [1.82, 2.24) is 9.55 Å². The maximum atomic E-state index is 12.5. The number of rotatable bonds is 5. The third-order valence-electron chi connectivity index (χ3n) is 6.13. The zero-order valence-corrected chi connectivity index (χ0v) is 18.1. The van der Waals surface area contributed by atoms with Gasteiger partial charge in [-0.2, -0.15) is 0 Å². The van der Waals surface area contributed by atoms with Crippen LogP contribution in [0.15, 0.2) is 48.4 Å². The number of hydrogen-bond donors (Lipinski definition) is 0. The van der Waals surface area contributed by atoms with Crippen molar-refractivity contribution < 1.29 is 23.8 Å². The number of para-hydroxylation sites is 1. The molecule has 0 spiro atoms. The number of methoxy groups -OCH3 is 1. The quantitative estimate of drug-likeness (QED) is 0.585. The van der Waals surface area contributed by atoms with Crippen molar-refractivity contribution in [2.75, 3.05) is 13.7 Å². The number of fused-ring (bicyclic) bond motifs is 3. The minimum Gasteiger partial charge on any atom is -0.497 e. The van der Waals surface area contributed by atoms with Crippen molar-refractivity contribution in [2.24, 2.45) is 18.9 Å². The van der Waals surface area contributed by atoms with Crippen LogP contribution in [0.1, 0.15) is 19.5 Å². The van der Waals surface area contributed by atoms with Crippen molar-refractivity contribution in [2.45, 2.75) is 26.4 Å². The van der Waals surface area contributed by atoms with Crippen LogP contribution >= 0.6 is 0 Å². The molecule has 7 nitrogen and oxygen atoms in total. The molecule has 0 aliphatic carbocycles. The first-order valence-electron chi connectivity index (χ1n) is 10.3. The van der Waals surface area contributed by atoms with E-state index in [1.54, 1.807) is 6.20 Å². The second kappa shape index (κ2) is 8.41. The van der Waals surface area contributed by atoms with Crippen molar-refractivity contribution in [3.8, 4) is 0 Å². The molecular weight excluding hydrogens is 396 g/mol. The third kappa shape index (κ3) is 3.76. The first kappa shape index (κ1) is 20.9. The summed E-state index contributed by atoms with van der Waals surface area (Å²) >= 11 is 0. The number of pyridine rings is 1. The second-order valence-electron chi connectivity index (χ2n) is 7.91. The first-order valence-corrected chi connectivity index (χ1v) is 10.3. The summed E-state index contributed by atoms with van der Waals surface area (Å²) < 4.78 is 18.2. The summed E-state index contributed by atoms with van der Waals surface area (Å²) in [4.78, 5) is 28.7. The van der Waals surface area contributed by atoms with Crippen LogP contribution in [0.3, 0.4) is 0 Å². The molecule has 1 aliphatic rings. The van der Waals surface area contributed by atoms with Crippen molar-refractivity contribution in [3.63, 3.8) is 0 Å². The SMILES string of the molecule is COC(=O)C1=CO[C@@H](C)[C@H](COC(C)=O)[C@@H]1Cc1nccc2c3ccccc3n(C)c12. The van der Waals surface area contributed by atoms with Crippen molar-refractivity contribution >= 4 is 33.7 Å². The Hall–Kier alpha value is -3.35. The lowest BCUT2D eigenvalue weighted by Crippen LogP contribution is -2.39. The molecule has 31 heavy (non-hydrogen) atoms. The molecular formula is C24H26N2O5. The smallest absolute Gasteiger partial charge is 0.337 e. The van der Waals surface area contributed by atoms with Crippen LogP contribution in [-0.4, -0.2) is 41.3 Å². The number of benzene rings is 1. The van der Waals surface area contributed by atoms with Crippen LogP contribution < -0.4 is 0 Å². The molecule has 0 N–H and O–H groups in total. The van der Waals surface area contributed by atoms with Crippen molar-refractivity contribution in [1.29, 1.82) is 0 Å². The highest BCUT2D eigenvalue weighted by Gasteiger charge is 2.39. The Bertz CT molecular complexity index is 1180.